The van der Waals surface area contributed by atoms with Gasteiger partial charge in [-0.2, -0.15) is 0 Å². The highest BCUT2D eigenvalue weighted by atomic mass is 17.2. The van der Waals surface area contributed by atoms with Crippen molar-refractivity contribution in [1.82, 2.24) is 0 Å². The molecule has 0 spiro atoms. The Bertz CT molecular complexity index is 367. The van der Waals surface area contributed by atoms with E-state index in [0.717, 1.165) is 5.56 Å². The maximum Gasteiger partial charge on any atom is 0.202 e. The van der Waals surface area contributed by atoms with E-state index in [9.17, 15) is 5.11 Å². The van der Waals surface area contributed by atoms with E-state index in [-0.39, 0.29) is 13.0 Å². The largest absolute Gasteiger partial charge is 0.393 e. The molecule has 0 bridgehead atoms. The van der Waals surface area contributed by atoms with Crippen LogP contribution in [0.15, 0.2) is 30.3 Å². The van der Waals surface area contributed by atoms with Gasteiger partial charge in [-0.05, 0) is 18.9 Å². The molecule has 17 heavy (non-hydrogen) atoms. The molecule has 1 aliphatic rings. The first-order valence-corrected chi connectivity index (χ1v) is 5.79. The van der Waals surface area contributed by atoms with Crippen molar-refractivity contribution in [2.24, 2.45) is 0 Å². The molecule has 1 fully saturated rings. The van der Waals surface area contributed by atoms with Crippen LogP contribution in [0.4, 0.5) is 0 Å². The van der Waals surface area contributed by atoms with Gasteiger partial charge in [-0.1, -0.05) is 30.3 Å². The number of hydrogen-bond donors (Lipinski definition) is 2. The van der Waals surface area contributed by atoms with E-state index in [1.807, 2.05) is 30.3 Å². The van der Waals surface area contributed by atoms with Crippen LogP contribution in [0, 0.1) is 0 Å². The van der Waals surface area contributed by atoms with Crippen LogP contribution in [0.3, 0.4) is 0 Å². The van der Waals surface area contributed by atoms with Crippen LogP contribution in [-0.4, -0.2) is 28.2 Å². The molecule has 1 aromatic rings. The van der Waals surface area contributed by atoms with E-state index in [4.69, 9.17) is 14.9 Å². The summed E-state index contributed by atoms with van der Waals surface area (Å²) in [4.78, 5) is 9.96. The lowest BCUT2D eigenvalue weighted by Gasteiger charge is -2.20. The summed E-state index contributed by atoms with van der Waals surface area (Å²) >= 11 is 0. The summed E-state index contributed by atoms with van der Waals surface area (Å²) in [6.45, 7) is 1.55. The van der Waals surface area contributed by atoms with Gasteiger partial charge in [0.1, 0.15) is 5.60 Å². The molecule has 1 aliphatic heterocycles. The SMILES string of the molecule is C[C@]1(CO)C[C@](O)(CCc2ccccc2)OO1. The Morgan fingerprint density at radius 3 is 2.53 bits per heavy atom. The van der Waals surface area contributed by atoms with Gasteiger partial charge < -0.3 is 10.2 Å². The standard InChI is InChI=1S/C13H18O4/c1-12(10-14)9-13(15,17-16-12)8-7-11-5-3-2-4-6-11/h2-6,14-15H,7-10H2,1H3/t12-,13+/m1/s1. The second kappa shape index (κ2) is 4.74. The van der Waals surface area contributed by atoms with Crippen molar-refractivity contribution < 1.29 is 20.0 Å². The minimum atomic E-state index is -1.30. The summed E-state index contributed by atoms with van der Waals surface area (Å²) in [5, 5.41) is 19.3. The summed E-state index contributed by atoms with van der Waals surface area (Å²) in [5.74, 6) is -1.30. The fraction of sp³-hybridized carbons (Fsp3) is 0.538. The first kappa shape index (κ1) is 12.5. The Morgan fingerprint density at radius 2 is 1.94 bits per heavy atom. The van der Waals surface area contributed by atoms with Crippen LogP contribution in [0.2, 0.25) is 0 Å². The minimum Gasteiger partial charge on any atom is -0.393 e. The fourth-order valence-corrected chi connectivity index (χ4v) is 2.02. The number of aryl methyl sites for hydroxylation is 1. The quantitative estimate of drug-likeness (QED) is 0.779. The lowest BCUT2D eigenvalue weighted by atomic mass is 9.94. The third-order valence-electron chi connectivity index (χ3n) is 3.03. The van der Waals surface area contributed by atoms with Crippen LogP contribution in [0.1, 0.15) is 25.3 Å². The Morgan fingerprint density at radius 1 is 1.24 bits per heavy atom. The number of rotatable bonds is 4. The number of benzene rings is 1. The number of hydrogen-bond acceptors (Lipinski definition) is 4. The average molecular weight is 238 g/mol. The van der Waals surface area contributed by atoms with Crippen molar-refractivity contribution in [3.8, 4) is 0 Å². The summed E-state index contributed by atoms with van der Waals surface area (Å²) in [7, 11) is 0. The van der Waals surface area contributed by atoms with E-state index >= 15 is 0 Å². The summed E-state index contributed by atoms with van der Waals surface area (Å²) < 4.78 is 0. The summed E-state index contributed by atoms with van der Waals surface area (Å²) in [6, 6.07) is 9.89. The monoisotopic (exact) mass is 238 g/mol. The molecule has 0 saturated carbocycles. The second-order valence-corrected chi connectivity index (χ2v) is 4.88. The molecule has 4 heteroatoms. The maximum atomic E-state index is 10.2. The van der Waals surface area contributed by atoms with Gasteiger partial charge in [0, 0.05) is 12.8 Å². The van der Waals surface area contributed by atoms with Gasteiger partial charge in [0.25, 0.3) is 0 Å². The van der Waals surface area contributed by atoms with Crippen LogP contribution >= 0.6 is 0 Å². The van der Waals surface area contributed by atoms with Gasteiger partial charge in [0.2, 0.25) is 5.79 Å². The van der Waals surface area contributed by atoms with Gasteiger partial charge in [0.15, 0.2) is 0 Å². The number of aliphatic hydroxyl groups excluding tert-OH is 1. The van der Waals surface area contributed by atoms with E-state index in [0.29, 0.717) is 12.8 Å². The highest BCUT2D eigenvalue weighted by Crippen LogP contribution is 2.36. The van der Waals surface area contributed by atoms with Crippen molar-refractivity contribution in [3.63, 3.8) is 0 Å². The van der Waals surface area contributed by atoms with Crippen molar-refractivity contribution in [1.29, 1.82) is 0 Å². The highest BCUT2D eigenvalue weighted by molar-refractivity contribution is 5.15. The maximum absolute atomic E-state index is 10.2. The minimum absolute atomic E-state index is 0.166. The Labute approximate surface area is 101 Å². The summed E-state index contributed by atoms with van der Waals surface area (Å²) in [6.07, 6.45) is 1.44. The van der Waals surface area contributed by atoms with Crippen molar-refractivity contribution in [3.05, 3.63) is 35.9 Å². The van der Waals surface area contributed by atoms with Gasteiger partial charge in [0.05, 0.1) is 6.61 Å². The van der Waals surface area contributed by atoms with E-state index in [1.165, 1.54) is 0 Å². The molecule has 0 radical (unpaired) electrons. The summed E-state index contributed by atoms with van der Waals surface area (Å²) in [5.41, 5.74) is 0.341. The average Bonchev–Trinajstić information content (AvgIpc) is 2.66. The zero-order chi connectivity index (χ0) is 12.4. The van der Waals surface area contributed by atoms with Gasteiger partial charge in [-0.15, -0.1) is 0 Å². The molecule has 0 aliphatic carbocycles. The van der Waals surface area contributed by atoms with E-state index in [2.05, 4.69) is 0 Å². The predicted octanol–water partition coefficient (Wildman–Crippen LogP) is 1.41. The smallest absolute Gasteiger partial charge is 0.202 e. The topological polar surface area (TPSA) is 58.9 Å². The third kappa shape index (κ3) is 3.04. The third-order valence-corrected chi connectivity index (χ3v) is 3.03. The van der Waals surface area contributed by atoms with Crippen LogP contribution in [0.25, 0.3) is 0 Å². The first-order valence-electron chi connectivity index (χ1n) is 5.79. The highest BCUT2D eigenvalue weighted by Gasteiger charge is 2.47. The second-order valence-electron chi connectivity index (χ2n) is 4.88. The lowest BCUT2D eigenvalue weighted by Crippen LogP contribution is -2.33. The Kier molecular flexibility index (Phi) is 3.49. The van der Waals surface area contributed by atoms with Crippen molar-refractivity contribution in [2.75, 3.05) is 6.61 Å². The number of aliphatic hydroxyl groups is 2. The molecular formula is C13H18O4. The molecule has 2 N–H and O–H groups in total. The van der Waals surface area contributed by atoms with Gasteiger partial charge in [-0.25, -0.2) is 9.78 Å². The Balaban J connectivity index is 1.92. The predicted molar refractivity (Wildman–Crippen MR) is 62.0 cm³/mol. The van der Waals surface area contributed by atoms with Gasteiger partial charge >= 0.3 is 0 Å². The van der Waals surface area contributed by atoms with E-state index in [1.54, 1.807) is 6.92 Å². The molecule has 1 saturated heterocycles. The molecule has 2 rings (SSSR count). The van der Waals surface area contributed by atoms with Crippen LogP contribution < -0.4 is 0 Å². The lowest BCUT2D eigenvalue weighted by molar-refractivity contribution is -0.394. The molecule has 2 atom stereocenters. The molecule has 0 aromatic heterocycles. The molecule has 1 aromatic carbocycles. The van der Waals surface area contributed by atoms with Crippen molar-refractivity contribution >= 4 is 0 Å². The molecule has 0 unspecified atom stereocenters. The molecule has 94 valence electrons. The normalized spacial score (nSPS) is 32.9. The molecular weight excluding hydrogens is 220 g/mol. The fourth-order valence-electron chi connectivity index (χ4n) is 2.02. The molecule has 4 nitrogen and oxygen atoms in total. The van der Waals surface area contributed by atoms with Gasteiger partial charge in [-0.3, -0.25) is 0 Å². The Hall–Kier alpha value is -0.940. The molecule has 1 heterocycles. The molecule has 0 amide bonds. The van der Waals surface area contributed by atoms with Crippen LogP contribution in [0.5, 0.6) is 0 Å². The van der Waals surface area contributed by atoms with Crippen molar-refractivity contribution in [2.45, 2.75) is 37.6 Å². The first-order chi connectivity index (χ1) is 8.05. The zero-order valence-corrected chi connectivity index (χ0v) is 9.93. The van der Waals surface area contributed by atoms with E-state index < -0.39 is 11.4 Å². The van der Waals surface area contributed by atoms with Crippen LogP contribution in [-0.2, 0) is 16.2 Å². The zero-order valence-electron chi connectivity index (χ0n) is 9.93.